The van der Waals surface area contributed by atoms with Gasteiger partial charge in [0.1, 0.15) is 6.04 Å². The maximum atomic E-state index is 11.6. The largest absolute Gasteiger partial charge is 0.464 e. The van der Waals surface area contributed by atoms with Crippen molar-refractivity contribution in [2.75, 3.05) is 6.61 Å². The smallest absolute Gasteiger partial charge is 0.328 e. The fraction of sp³-hybridized carbons (Fsp3) is 0.364. The number of esters is 1. The van der Waals surface area contributed by atoms with Crippen LogP contribution in [0.1, 0.15) is 24.2 Å². The molecule has 1 aromatic rings. The summed E-state index contributed by atoms with van der Waals surface area (Å²) in [6.07, 6.45) is 3.01. The number of hydrogen-bond acceptors (Lipinski definition) is 4. The van der Waals surface area contributed by atoms with E-state index in [1.807, 2.05) is 0 Å². The van der Waals surface area contributed by atoms with Crippen molar-refractivity contribution in [2.45, 2.75) is 19.9 Å². The van der Waals surface area contributed by atoms with Crippen molar-refractivity contribution < 1.29 is 14.3 Å². The van der Waals surface area contributed by atoms with Gasteiger partial charge in [-0.15, -0.1) is 0 Å². The van der Waals surface area contributed by atoms with Crippen molar-refractivity contribution in [3.05, 3.63) is 30.1 Å². The number of amides is 1. The fourth-order valence-electron chi connectivity index (χ4n) is 1.10. The Labute approximate surface area is 93.8 Å². The second-order valence-electron chi connectivity index (χ2n) is 3.19. The maximum Gasteiger partial charge on any atom is 0.328 e. The number of rotatable bonds is 4. The monoisotopic (exact) mass is 222 g/mol. The Hall–Kier alpha value is -1.91. The van der Waals surface area contributed by atoms with Crippen LogP contribution in [0.15, 0.2) is 24.5 Å². The van der Waals surface area contributed by atoms with Crippen LogP contribution in [-0.2, 0) is 9.53 Å². The van der Waals surface area contributed by atoms with E-state index >= 15 is 0 Å². The van der Waals surface area contributed by atoms with Gasteiger partial charge in [0.05, 0.1) is 12.2 Å². The van der Waals surface area contributed by atoms with Gasteiger partial charge in [0.25, 0.3) is 5.91 Å². The fourth-order valence-corrected chi connectivity index (χ4v) is 1.10. The van der Waals surface area contributed by atoms with Gasteiger partial charge in [0.15, 0.2) is 0 Å². The normalized spacial score (nSPS) is 11.6. The van der Waals surface area contributed by atoms with Crippen molar-refractivity contribution in [3.63, 3.8) is 0 Å². The van der Waals surface area contributed by atoms with Gasteiger partial charge in [-0.25, -0.2) is 4.79 Å². The third kappa shape index (κ3) is 3.34. The van der Waals surface area contributed by atoms with Crippen LogP contribution in [-0.4, -0.2) is 29.5 Å². The lowest BCUT2D eigenvalue weighted by atomic mass is 10.2. The SMILES string of the molecule is CCOC(=O)C(C)NC(=O)c1cccnc1. The molecule has 1 heterocycles. The van der Waals surface area contributed by atoms with Crippen molar-refractivity contribution >= 4 is 11.9 Å². The van der Waals surface area contributed by atoms with E-state index in [4.69, 9.17) is 4.74 Å². The highest BCUT2D eigenvalue weighted by molar-refractivity contribution is 5.96. The van der Waals surface area contributed by atoms with Crippen LogP contribution in [0.4, 0.5) is 0 Å². The van der Waals surface area contributed by atoms with Crippen LogP contribution < -0.4 is 5.32 Å². The first-order valence-corrected chi connectivity index (χ1v) is 5.02. The Morgan fingerprint density at radius 2 is 2.31 bits per heavy atom. The summed E-state index contributed by atoms with van der Waals surface area (Å²) in [6.45, 7) is 3.59. The molecule has 5 nitrogen and oxygen atoms in total. The number of carbonyl (C=O) groups is 2. The molecule has 1 unspecified atom stereocenters. The molecule has 0 saturated heterocycles. The topological polar surface area (TPSA) is 68.3 Å². The van der Waals surface area contributed by atoms with Gasteiger partial charge in [-0.1, -0.05) is 0 Å². The first kappa shape index (κ1) is 12.2. The molecule has 0 bridgehead atoms. The third-order valence-electron chi connectivity index (χ3n) is 1.91. The highest BCUT2D eigenvalue weighted by Gasteiger charge is 2.17. The summed E-state index contributed by atoms with van der Waals surface area (Å²) in [6, 6.07) is 2.62. The van der Waals surface area contributed by atoms with Crippen LogP contribution >= 0.6 is 0 Å². The summed E-state index contributed by atoms with van der Waals surface area (Å²) in [7, 11) is 0. The molecule has 1 amide bonds. The van der Waals surface area contributed by atoms with E-state index in [0.717, 1.165) is 0 Å². The zero-order valence-electron chi connectivity index (χ0n) is 9.27. The molecule has 0 aliphatic rings. The summed E-state index contributed by atoms with van der Waals surface area (Å²) in [4.78, 5) is 26.7. The van der Waals surface area contributed by atoms with Crippen LogP contribution in [0.2, 0.25) is 0 Å². The molecule has 0 saturated carbocycles. The van der Waals surface area contributed by atoms with E-state index in [2.05, 4.69) is 10.3 Å². The van der Waals surface area contributed by atoms with Gasteiger partial charge in [-0.2, -0.15) is 0 Å². The van der Waals surface area contributed by atoms with Gasteiger partial charge < -0.3 is 10.1 Å². The summed E-state index contributed by atoms with van der Waals surface area (Å²) < 4.78 is 4.77. The predicted octanol–water partition coefficient (Wildman–Crippen LogP) is 0.763. The summed E-state index contributed by atoms with van der Waals surface area (Å²) in [5.74, 6) is -0.784. The van der Waals surface area contributed by atoms with Gasteiger partial charge >= 0.3 is 5.97 Å². The van der Waals surface area contributed by atoms with E-state index in [0.29, 0.717) is 12.2 Å². The molecule has 1 rings (SSSR count). The molecule has 16 heavy (non-hydrogen) atoms. The van der Waals surface area contributed by atoms with Gasteiger partial charge in [-0.3, -0.25) is 9.78 Å². The lowest BCUT2D eigenvalue weighted by Crippen LogP contribution is -2.39. The number of nitrogens with one attached hydrogen (secondary N) is 1. The Morgan fingerprint density at radius 1 is 1.56 bits per heavy atom. The molecule has 5 heteroatoms. The van der Waals surface area contributed by atoms with Crippen molar-refractivity contribution in [2.24, 2.45) is 0 Å². The van der Waals surface area contributed by atoms with Gasteiger partial charge in [0.2, 0.25) is 0 Å². The Kier molecular flexibility index (Phi) is 4.44. The van der Waals surface area contributed by atoms with Crippen LogP contribution in [0.3, 0.4) is 0 Å². The van der Waals surface area contributed by atoms with E-state index in [1.165, 1.54) is 6.20 Å². The standard InChI is InChI=1S/C11H14N2O3/c1-3-16-11(15)8(2)13-10(14)9-5-4-6-12-7-9/h4-8H,3H2,1-2H3,(H,13,14). The minimum absolute atomic E-state index is 0.298. The number of hydrogen-bond donors (Lipinski definition) is 1. The number of ether oxygens (including phenoxy) is 1. The lowest BCUT2D eigenvalue weighted by Gasteiger charge is -2.12. The number of carbonyl (C=O) groups excluding carboxylic acids is 2. The molecular weight excluding hydrogens is 208 g/mol. The Morgan fingerprint density at radius 3 is 2.88 bits per heavy atom. The number of pyridine rings is 1. The van der Waals surface area contributed by atoms with Crippen molar-refractivity contribution in [1.29, 1.82) is 0 Å². The predicted molar refractivity (Wildman–Crippen MR) is 57.8 cm³/mol. The molecule has 1 atom stereocenters. The minimum Gasteiger partial charge on any atom is -0.464 e. The molecule has 1 aromatic heterocycles. The zero-order valence-corrected chi connectivity index (χ0v) is 9.27. The first-order chi connectivity index (χ1) is 7.65. The van der Waals surface area contributed by atoms with Gasteiger partial charge in [0, 0.05) is 12.4 Å². The van der Waals surface area contributed by atoms with Crippen LogP contribution in [0.5, 0.6) is 0 Å². The number of nitrogens with zero attached hydrogens (tertiary/aromatic N) is 1. The molecular formula is C11H14N2O3. The van der Waals surface area contributed by atoms with Crippen LogP contribution in [0, 0.1) is 0 Å². The first-order valence-electron chi connectivity index (χ1n) is 5.02. The molecule has 0 spiro atoms. The number of aromatic nitrogens is 1. The molecule has 0 aromatic carbocycles. The quantitative estimate of drug-likeness (QED) is 0.764. The van der Waals surface area contributed by atoms with Crippen molar-refractivity contribution in [3.8, 4) is 0 Å². The van der Waals surface area contributed by atoms with Crippen LogP contribution in [0.25, 0.3) is 0 Å². The van der Waals surface area contributed by atoms with E-state index < -0.39 is 12.0 Å². The van der Waals surface area contributed by atoms with E-state index in [-0.39, 0.29) is 5.91 Å². The molecule has 0 radical (unpaired) electrons. The maximum absolute atomic E-state index is 11.6. The summed E-state index contributed by atoms with van der Waals surface area (Å²) in [5.41, 5.74) is 0.415. The lowest BCUT2D eigenvalue weighted by molar-refractivity contribution is -0.144. The Balaban J connectivity index is 2.55. The molecule has 0 aliphatic carbocycles. The average Bonchev–Trinajstić information content (AvgIpc) is 2.30. The van der Waals surface area contributed by atoms with Gasteiger partial charge in [-0.05, 0) is 26.0 Å². The molecule has 0 fully saturated rings. The third-order valence-corrected chi connectivity index (χ3v) is 1.91. The highest BCUT2D eigenvalue weighted by atomic mass is 16.5. The summed E-state index contributed by atoms with van der Waals surface area (Å²) in [5, 5.41) is 2.53. The summed E-state index contributed by atoms with van der Waals surface area (Å²) >= 11 is 0. The molecule has 0 aliphatic heterocycles. The average molecular weight is 222 g/mol. The van der Waals surface area contributed by atoms with Crippen molar-refractivity contribution in [1.82, 2.24) is 10.3 Å². The zero-order chi connectivity index (χ0) is 12.0. The second kappa shape index (κ2) is 5.85. The van der Waals surface area contributed by atoms with E-state index in [1.54, 1.807) is 32.2 Å². The second-order valence-corrected chi connectivity index (χ2v) is 3.19. The molecule has 1 N–H and O–H groups in total. The molecule has 86 valence electrons. The van der Waals surface area contributed by atoms with E-state index in [9.17, 15) is 9.59 Å². The highest BCUT2D eigenvalue weighted by Crippen LogP contribution is 1.97. The minimum atomic E-state index is -0.660. The Bertz CT molecular complexity index is 365.